The van der Waals surface area contributed by atoms with E-state index in [-0.39, 0.29) is 5.97 Å². The average molecular weight is 369 g/mol. The molecule has 4 atom stereocenters. The van der Waals surface area contributed by atoms with E-state index in [2.05, 4.69) is 13.8 Å². The minimum atomic E-state index is -0.0250. The summed E-state index contributed by atoms with van der Waals surface area (Å²) in [5.74, 6) is -0.0250. The summed E-state index contributed by atoms with van der Waals surface area (Å²) in [7, 11) is 0. The summed E-state index contributed by atoms with van der Waals surface area (Å²) in [5, 5.41) is 0. The summed E-state index contributed by atoms with van der Waals surface area (Å²) < 4.78 is 16.7. The lowest BCUT2D eigenvalue weighted by molar-refractivity contribution is -0.143. The monoisotopic (exact) mass is 368 g/mol. The minimum absolute atomic E-state index is 0.0250. The van der Waals surface area contributed by atoms with Crippen LogP contribution in [-0.2, 0) is 19.0 Å². The van der Waals surface area contributed by atoms with Crippen LogP contribution in [0.4, 0.5) is 0 Å². The van der Waals surface area contributed by atoms with E-state index in [1.165, 1.54) is 51.4 Å². The van der Waals surface area contributed by atoms with Crippen LogP contribution in [0.15, 0.2) is 0 Å². The molecule has 2 aliphatic rings. The van der Waals surface area contributed by atoms with E-state index in [1.807, 2.05) is 0 Å². The van der Waals surface area contributed by atoms with Gasteiger partial charge in [-0.1, -0.05) is 65.2 Å². The van der Waals surface area contributed by atoms with Crippen molar-refractivity contribution in [1.29, 1.82) is 0 Å². The number of ether oxygens (including phenoxy) is 3. The predicted molar refractivity (Wildman–Crippen MR) is 104 cm³/mol. The molecule has 2 heterocycles. The summed E-state index contributed by atoms with van der Waals surface area (Å²) in [4.78, 5) is 11.5. The Bertz CT molecular complexity index is 384. The molecule has 152 valence electrons. The maximum atomic E-state index is 11.5. The number of esters is 1. The van der Waals surface area contributed by atoms with E-state index in [1.54, 1.807) is 0 Å². The highest BCUT2D eigenvalue weighted by Gasteiger charge is 2.47. The Morgan fingerprint density at radius 2 is 1.31 bits per heavy atom. The van der Waals surface area contributed by atoms with Gasteiger partial charge in [-0.05, 0) is 25.7 Å². The zero-order chi connectivity index (χ0) is 18.6. The van der Waals surface area contributed by atoms with Crippen molar-refractivity contribution in [3.05, 3.63) is 0 Å². The SMILES string of the molecule is CCCCCC1OC1CC1OC1CCCCCCCC(=O)OCCCC. The molecule has 4 unspecified atom stereocenters. The third-order valence-corrected chi connectivity index (χ3v) is 5.56. The summed E-state index contributed by atoms with van der Waals surface area (Å²) in [6, 6.07) is 0. The standard InChI is InChI=1S/C22H40O4/c1-3-5-10-13-18-20(25-18)17-21-19(26-21)14-11-8-7-9-12-15-22(23)24-16-6-4-2/h18-21H,3-17H2,1-2H3. The number of carbonyl (C=O) groups excluding carboxylic acids is 1. The Balaban J connectivity index is 1.32. The number of rotatable bonds is 17. The van der Waals surface area contributed by atoms with Crippen molar-refractivity contribution < 1.29 is 19.0 Å². The summed E-state index contributed by atoms with van der Waals surface area (Å²) in [6.45, 7) is 4.94. The Labute approximate surface area is 160 Å². The van der Waals surface area contributed by atoms with Gasteiger partial charge < -0.3 is 14.2 Å². The molecule has 0 aliphatic carbocycles. The highest BCUT2D eigenvalue weighted by Crippen LogP contribution is 2.39. The molecule has 2 saturated heterocycles. The second-order valence-electron chi connectivity index (χ2n) is 8.04. The maximum Gasteiger partial charge on any atom is 0.305 e. The van der Waals surface area contributed by atoms with Gasteiger partial charge in [-0.3, -0.25) is 4.79 Å². The number of hydrogen-bond donors (Lipinski definition) is 0. The third kappa shape index (κ3) is 9.36. The van der Waals surface area contributed by atoms with Gasteiger partial charge in [0.05, 0.1) is 31.0 Å². The van der Waals surface area contributed by atoms with Gasteiger partial charge in [0.15, 0.2) is 0 Å². The molecular weight excluding hydrogens is 328 g/mol. The zero-order valence-electron chi connectivity index (χ0n) is 17.0. The molecule has 0 saturated carbocycles. The molecule has 0 radical (unpaired) electrons. The quantitative estimate of drug-likeness (QED) is 0.191. The molecule has 0 aromatic carbocycles. The van der Waals surface area contributed by atoms with Gasteiger partial charge in [-0.2, -0.15) is 0 Å². The fourth-order valence-electron chi connectivity index (χ4n) is 3.65. The van der Waals surface area contributed by atoms with Crippen molar-refractivity contribution in [2.75, 3.05) is 6.61 Å². The van der Waals surface area contributed by atoms with Crippen molar-refractivity contribution in [2.24, 2.45) is 0 Å². The molecule has 4 nitrogen and oxygen atoms in total. The molecule has 0 amide bonds. The fraction of sp³-hybridized carbons (Fsp3) is 0.955. The average Bonchev–Trinajstić information content (AvgIpc) is 3.54. The molecule has 0 aromatic rings. The molecule has 4 heteroatoms. The van der Waals surface area contributed by atoms with Crippen LogP contribution in [0.3, 0.4) is 0 Å². The maximum absolute atomic E-state index is 11.5. The summed E-state index contributed by atoms with van der Waals surface area (Å²) >= 11 is 0. The van der Waals surface area contributed by atoms with E-state index in [0.29, 0.717) is 37.4 Å². The van der Waals surface area contributed by atoms with Gasteiger partial charge in [0.25, 0.3) is 0 Å². The van der Waals surface area contributed by atoms with E-state index < -0.39 is 0 Å². The fourth-order valence-corrected chi connectivity index (χ4v) is 3.65. The number of hydrogen-bond acceptors (Lipinski definition) is 4. The van der Waals surface area contributed by atoms with Crippen molar-refractivity contribution in [3.63, 3.8) is 0 Å². The van der Waals surface area contributed by atoms with Gasteiger partial charge in [0.2, 0.25) is 0 Å². The first-order valence-electron chi connectivity index (χ1n) is 11.2. The normalized spacial score (nSPS) is 26.7. The van der Waals surface area contributed by atoms with E-state index >= 15 is 0 Å². The first-order chi connectivity index (χ1) is 12.7. The van der Waals surface area contributed by atoms with Crippen LogP contribution in [0, 0.1) is 0 Å². The van der Waals surface area contributed by atoms with E-state index in [0.717, 1.165) is 32.1 Å². The van der Waals surface area contributed by atoms with Crippen LogP contribution in [0.2, 0.25) is 0 Å². The molecule has 2 rings (SSSR count). The van der Waals surface area contributed by atoms with Gasteiger partial charge >= 0.3 is 5.97 Å². The largest absolute Gasteiger partial charge is 0.466 e. The predicted octanol–water partition coefficient (Wildman–Crippen LogP) is 5.57. The van der Waals surface area contributed by atoms with Crippen LogP contribution >= 0.6 is 0 Å². The molecule has 26 heavy (non-hydrogen) atoms. The third-order valence-electron chi connectivity index (χ3n) is 5.56. The van der Waals surface area contributed by atoms with Gasteiger partial charge in [0, 0.05) is 12.8 Å². The first kappa shape index (κ1) is 21.7. The second-order valence-corrected chi connectivity index (χ2v) is 8.04. The Morgan fingerprint density at radius 1 is 0.731 bits per heavy atom. The van der Waals surface area contributed by atoms with Crippen molar-refractivity contribution in [3.8, 4) is 0 Å². The number of epoxide rings is 2. The van der Waals surface area contributed by atoms with Crippen molar-refractivity contribution >= 4 is 5.97 Å². The van der Waals surface area contributed by atoms with Crippen LogP contribution in [0.1, 0.15) is 104 Å². The van der Waals surface area contributed by atoms with Crippen LogP contribution in [0.25, 0.3) is 0 Å². The Hall–Kier alpha value is -0.610. The topological polar surface area (TPSA) is 51.4 Å². The molecule has 2 aliphatic heterocycles. The Morgan fingerprint density at radius 3 is 1.96 bits per heavy atom. The Kier molecular flexibility index (Phi) is 10.6. The van der Waals surface area contributed by atoms with Crippen LogP contribution in [0.5, 0.6) is 0 Å². The number of carbonyl (C=O) groups is 1. The molecule has 0 spiro atoms. The lowest BCUT2D eigenvalue weighted by atomic mass is 10.0. The lowest BCUT2D eigenvalue weighted by Crippen LogP contribution is -2.05. The minimum Gasteiger partial charge on any atom is -0.466 e. The summed E-state index contributed by atoms with van der Waals surface area (Å²) in [5.41, 5.74) is 0. The highest BCUT2D eigenvalue weighted by molar-refractivity contribution is 5.69. The molecular formula is C22H40O4. The van der Waals surface area contributed by atoms with Crippen molar-refractivity contribution in [1.82, 2.24) is 0 Å². The van der Waals surface area contributed by atoms with Gasteiger partial charge in [-0.25, -0.2) is 0 Å². The molecule has 0 bridgehead atoms. The van der Waals surface area contributed by atoms with Gasteiger partial charge in [-0.15, -0.1) is 0 Å². The number of unbranched alkanes of at least 4 members (excludes halogenated alkanes) is 7. The smallest absolute Gasteiger partial charge is 0.305 e. The van der Waals surface area contributed by atoms with Crippen LogP contribution in [-0.4, -0.2) is 37.0 Å². The zero-order valence-corrected chi connectivity index (χ0v) is 17.0. The van der Waals surface area contributed by atoms with Crippen LogP contribution < -0.4 is 0 Å². The highest BCUT2D eigenvalue weighted by atomic mass is 16.6. The van der Waals surface area contributed by atoms with Gasteiger partial charge in [0.1, 0.15) is 0 Å². The molecule has 2 fully saturated rings. The summed E-state index contributed by atoms with van der Waals surface area (Å²) in [6.07, 6.45) is 17.9. The van der Waals surface area contributed by atoms with Crippen molar-refractivity contribution in [2.45, 2.75) is 128 Å². The van der Waals surface area contributed by atoms with E-state index in [9.17, 15) is 4.79 Å². The lowest BCUT2D eigenvalue weighted by Gasteiger charge is -2.03. The molecule has 0 N–H and O–H groups in total. The van der Waals surface area contributed by atoms with E-state index in [4.69, 9.17) is 14.2 Å². The molecule has 0 aromatic heterocycles. The second kappa shape index (κ2) is 12.7. The first-order valence-corrected chi connectivity index (χ1v) is 11.2.